The van der Waals surface area contributed by atoms with Crippen LogP contribution in [0.1, 0.15) is 78.1 Å². The standard InChI is InChI=1S/C40H52N8O6/c1-22(2)32(45-37(49)33(23(3)4)46-39(51)52-7)36-42-20-30(44-36)28-16-12-26(13-17-28)25-10-14-27(15-11-25)29-19-41-35(43-29)31-9-8-18-48(31)38(50)34(24(5)6)47-40-53-21-54-40/h10-17,19-20,22-24,31-34,40,47H,8-9,18,21H2,1-7H3,(H,41,43)(H,42,44)(H,45,49)(H,46,51)/t31-,32+,33-,34?/m0/s1. The highest BCUT2D eigenvalue weighted by Gasteiger charge is 2.38. The van der Waals surface area contributed by atoms with Gasteiger partial charge in [-0.25, -0.2) is 14.8 Å². The quantitative estimate of drug-likeness (QED) is 0.106. The number of likely N-dealkylation sites (tertiary alicyclic amines) is 1. The average molecular weight is 741 g/mol. The van der Waals surface area contributed by atoms with Gasteiger partial charge in [-0.3, -0.25) is 14.9 Å². The van der Waals surface area contributed by atoms with Crippen molar-refractivity contribution in [2.75, 3.05) is 20.4 Å². The van der Waals surface area contributed by atoms with Crippen molar-refractivity contribution in [3.63, 3.8) is 0 Å². The van der Waals surface area contributed by atoms with E-state index in [1.807, 2.05) is 64.8 Å². The van der Waals surface area contributed by atoms with Crippen LogP contribution in [0.5, 0.6) is 0 Å². The first-order valence-corrected chi connectivity index (χ1v) is 18.7. The van der Waals surface area contributed by atoms with Crippen LogP contribution in [0.2, 0.25) is 0 Å². The largest absolute Gasteiger partial charge is 0.453 e. The highest BCUT2D eigenvalue weighted by atomic mass is 16.9. The van der Waals surface area contributed by atoms with E-state index in [9.17, 15) is 14.4 Å². The number of benzene rings is 2. The molecule has 288 valence electrons. The Morgan fingerprint density at radius 1 is 0.778 bits per heavy atom. The summed E-state index contributed by atoms with van der Waals surface area (Å²) < 4.78 is 15.4. The number of carbonyl (C=O) groups excluding carboxylic acids is 3. The first-order valence-electron chi connectivity index (χ1n) is 18.7. The van der Waals surface area contributed by atoms with Crippen LogP contribution in [-0.4, -0.2) is 81.7 Å². The van der Waals surface area contributed by atoms with Crippen molar-refractivity contribution in [3.8, 4) is 33.6 Å². The number of hydrogen-bond acceptors (Lipinski definition) is 9. The van der Waals surface area contributed by atoms with E-state index in [2.05, 4.69) is 67.3 Å². The SMILES string of the molecule is COC(=O)N[C@H](C(=O)N[C@@H](c1ncc(-c2ccc(-c3ccc(-c4cnc([C@@H]5CCCN5C(=O)C(NC5OCO5)C(C)C)[nH]4)cc3)cc2)[nH]1)C(C)C)C(C)C. The van der Waals surface area contributed by atoms with Crippen LogP contribution in [0, 0.1) is 17.8 Å². The molecule has 2 fully saturated rings. The van der Waals surface area contributed by atoms with E-state index in [1.54, 1.807) is 6.20 Å². The molecule has 4 heterocycles. The van der Waals surface area contributed by atoms with Crippen molar-refractivity contribution in [1.82, 2.24) is 40.8 Å². The van der Waals surface area contributed by atoms with Crippen molar-refractivity contribution in [2.24, 2.45) is 17.8 Å². The fraction of sp³-hybridized carbons (Fsp3) is 0.475. The van der Waals surface area contributed by atoms with Crippen molar-refractivity contribution in [2.45, 2.75) is 85.0 Å². The van der Waals surface area contributed by atoms with Gasteiger partial charge in [-0.1, -0.05) is 90.1 Å². The van der Waals surface area contributed by atoms with Gasteiger partial charge in [0.15, 0.2) is 6.79 Å². The van der Waals surface area contributed by atoms with Gasteiger partial charge in [-0.2, -0.15) is 0 Å². The molecule has 5 N–H and O–H groups in total. The minimum atomic E-state index is -0.749. The Bertz CT molecular complexity index is 1880. The van der Waals surface area contributed by atoms with Crippen LogP contribution in [0.25, 0.3) is 33.6 Å². The van der Waals surface area contributed by atoms with Gasteiger partial charge >= 0.3 is 6.09 Å². The third-order valence-corrected chi connectivity index (χ3v) is 10.1. The zero-order chi connectivity index (χ0) is 38.5. The molecule has 2 aliphatic heterocycles. The van der Waals surface area contributed by atoms with Gasteiger partial charge in [0.2, 0.25) is 18.2 Å². The molecule has 14 nitrogen and oxygen atoms in total. The Balaban J connectivity index is 1.10. The van der Waals surface area contributed by atoms with Crippen LogP contribution in [-0.2, 0) is 23.8 Å². The van der Waals surface area contributed by atoms with Crippen molar-refractivity contribution in [1.29, 1.82) is 0 Å². The van der Waals surface area contributed by atoms with Gasteiger partial charge in [0.05, 0.1) is 49.0 Å². The number of imidazole rings is 2. The minimum Gasteiger partial charge on any atom is -0.453 e. The molecule has 0 spiro atoms. The van der Waals surface area contributed by atoms with Gasteiger partial charge in [0.25, 0.3) is 0 Å². The Labute approximate surface area is 316 Å². The molecule has 14 heteroatoms. The molecule has 1 unspecified atom stereocenters. The van der Waals surface area contributed by atoms with Gasteiger partial charge < -0.3 is 39.7 Å². The summed E-state index contributed by atoms with van der Waals surface area (Å²) in [6, 6.07) is 14.9. The van der Waals surface area contributed by atoms with E-state index in [0.717, 1.165) is 52.3 Å². The van der Waals surface area contributed by atoms with Crippen LogP contribution in [0.4, 0.5) is 4.79 Å². The third kappa shape index (κ3) is 8.67. The summed E-state index contributed by atoms with van der Waals surface area (Å²) in [7, 11) is 1.27. The number of ether oxygens (including phenoxy) is 3. The maximum Gasteiger partial charge on any atom is 0.407 e. The molecule has 2 saturated heterocycles. The topological polar surface area (TPSA) is 176 Å². The number of nitrogens with zero attached hydrogens (tertiary/aromatic N) is 3. The molecule has 0 saturated carbocycles. The molecule has 3 amide bonds. The Kier molecular flexibility index (Phi) is 12.1. The molecule has 6 rings (SSSR count). The summed E-state index contributed by atoms with van der Waals surface area (Å²) in [4.78, 5) is 56.8. The maximum atomic E-state index is 13.6. The molecule has 0 radical (unpaired) electrons. The second-order valence-corrected chi connectivity index (χ2v) is 15.0. The van der Waals surface area contributed by atoms with Crippen LogP contribution < -0.4 is 16.0 Å². The summed E-state index contributed by atoms with van der Waals surface area (Å²) in [5, 5.41) is 8.88. The van der Waals surface area contributed by atoms with E-state index in [-0.39, 0.29) is 42.4 Å². The predicted molar refractivity (Wildman–Crippen MR) is 203 cm³/mol. The van der Waals surface area contributed by atoms with E-state index in [4.69, 9.17) is 19.2 Å². The molecule has 2 aromatic heterocycles. The highest BCUT2D eigenvalue weighted by Crippen LogP contribution is 2.34. The number of amides is 3. The number of H-pyrrole nitrogens is 2. The lowest BCUT2D eigenvalue weighted by Gasteiger charge is -2.35. The average Bonchev–Trinajstić information content (AvgIpc) is 3.93. The normalized spacial score (nSPS) is 17.7. The summed E-state index contributed by atoms with van der Waals surface area (Å²) in [5.41, 5.74) is 5.81. The molecule has 0 aliphatic carbocycles. The van der Waals surface area contributed by atoms with Gasteiger partial charge in [-0.05, 0) is 52.8 Å². The van der Waals surface area contributed by atoms with Gasteiger partial charge in [-0.15, -0.1) is 0 Å². The van der Waals surface area contributed by atoms with E-state index in [0.29, 0.717) is 12.4 Å². The van der Waals surface area contributed by atoms with E-state index < -0.39 is 30.6 Å². The zero-order valence-corrected chi connectivity index (χ0v) is 32.0. The molecule has 4 aromatic rings. The lowest BCUT2D eigenvalue weighted by molar-refractivity contribution is -0.335. The second kappa shape index (κ2) is 17.0. The van der Waals surface area contributed by atoms with Gasteiger partial charge in [0.1, 0.15) is 17.7 Å². The molecular weight excluding hydrogens is 688 g/mol. The van der Waals surface area contributed by atoms with Crippen LogP contribution >= 0.6 is 0 Å². The monoisotopic (exact) mass is 740 g/mol. The minimum absolute atomic E-state index is 0.0303. The molecule has 2 aliphatic rings. The predicted octanol–water partition coefficient (Wildman–Crippen LogP) is 5.89. The second-order valence-electron chi connectivity index (χ2n) is 15.0. The fourth-order valence-electron chi connectivity index (χ4n) is 6.91. The van der Waals surface area contributed by atoms with Gasteiger partial charge in [0, 0.05) is 6.54 Å². The number of carbonyl (C=O) groups is 3. The molecule has 0 bridgehead atoms. The number of hydrogen-bond donors (Lipinski definition) is 5. The maximum absolute atomic E-state index is 13.6. The van der Waals surface area contributed by atoms with Crippen molar-refractivity contribution < 1.29 is 28.6 Å². The summed E-state index contributed by atoms with van der Waals surface area (Å²) in [6.45, 7) is 12.7. The highest BCUT2D eigenvalue weighted by molar-refractivity contribution is 5.86. The van der Waals surface area contributed by atoms with E-state index >= 15 is 0 Å². The van der Waals surface area contributed by atoms with E-state index in [1.165, 1.54) is 7.11 Å². The summed E-state index contributed by atoms with van der Waals surface area (Å²) in [6.07, 6.45) is 4.17. The van der Waals surface area contributed by atoms with Crippen LogP contribution in [0.15, 0.2) is 60.9 Å². The molecular formula is C40H52N8O6. The first-order chi connectivity index (χ1) is 25.9. The number of rotatable bonds is 14. The number of alkyl carbamates (subject to hydrolysis) is 1. The Morgan fingerprint density at radius 2 is 1.35 bits per heavy atom. The molecule has 54 heavy (non-hydrogen) atoms. The number of aromatic nitrogens is 4. The summed E-state index contributed by atoms with van der Waals surface area (Å²) in [5.74, 6) is 1.11. The fourth-order valence-corrected chi connectivity index (χ4v) is 6.91. The number of aromatic amines is 2. The Hall–Kier alpha value is -5.05. The van der Waals surface area contributed by atoms with Crippen molar-refractivity contribution in [3.05, 3.63) is 72.6 Å². The smallest absolute Gasteiger partial charge is 0.407 e. The lowest BCUT2D eigenvalue weighted by atomic mass is 10.00. The third-order valence-electron chi connectivity index (χ3n) is 10.1. The Morgan fingerprint density at radius 3 is 1.89 bits per heavy atom. The number of methoxy groups -OCH3 is 1. The first kappa shape index (κ1) is 38.7. The van der Waals surface area contributed by atoms with Crippen LogP contribution in [0.3, 0.4) is 0 Å². The lowest BCUT2D eigenvalue weighted by Crippen LogP contribution is -2.56. The molecule has 2 aromatic carbocycles. The number of nitrogens with one attached hydrogen (secondary N) is 5. The zero-order valence-electron chi connectivity index (χ0n) is 32.0. The van der Waals surface area contributed by atoms with Crippen molar-refractivity contribution >= 4 is 17.9 Å². The summed E-state index contributed by atoms with van der Waals surface area (Å²) >= 11 is 0. The molecule has 4 atom stereocenters.